The van der Waals surface area contributed by atoms with Crippen LogP contribution in [0.25, 0.3) is 0 Å². The van der Waals surface area contributed by atoms with Crippen LogP contribution in [0.15, 0.2) is 35.2 Å². The Labute approximate surface area is 88.9 Å². The van der Waals surface area contributed by atoms with Gasteiger partial charge in [-0.1, -0.05) is 32.0 Å². The van der Waals surface area contributed by atoms with Gasteiger partial charge in [-0.15, -0.1) is 0 Å². The van der Waals surface area contributed by atoms with Gasteiger partial charge in [-0.2, -0.15) is 0 Å². The van der Waals surface area contributed by atoms with E-state index in [-0.39, 0.29) is 0 Å². The van der Waals surface area contributed by atoms with Crippen LogP contribution in [-0.4, -0.2) is 22.9 Å². The highest BCUT2D eigenvalue weighted by molar-refractivity contribution is 7.91. The molecule has 0 aromatic heterocycles. The predicted molar refractivity (Wildman–Crippen MR) is 60.9 cm³/mol. The Bertz CT molecular complexity index is 251. The largest absolute Gasteiger partial charge is 0.611 e. The van der Waals surface area contributed by atoms with Gasteiger partial charge in [0.15, 0.2) is 4.90 Å². The minimum absolute atomic E-state index is 0.461. The zero-order valence-electron chi connectivity index (χ0n) is 8.69. The summed E-state index contributed by atoms with van der Waals surface area (Å²) < 4.78 is 11.7. The van der Waals surface area contributed by atoms with Crippen LogP contribution in [-0.2, 0) is 11.2 Å². The molecule has 0 amide bonds. The number of hydrogen-bond acceptors (Lipinski definition) is 2. The van der Waals surface area contributed by atoms with Gasteiger partial charge >= 0.3 is 0 Å². The normalized spacial score (nSPS) is 13.1. The Hall–Kier alpha value is -0.510. The maximum atomic E-state index is 11.7. The molecule has 0 saturated heterocycles. The van der Waals surface area contributed by atoms with Crippen LogP contribution < -0.4 is 5.32 Å². The van der Waals surface area contributed by atoms with Crippen LogP contribution >= 0.6 is 0 Å². The van der Waals surface area contributed by atoms with Gasteiger partial charge in [0.2, 0.25) is 0 Å². The van der Waals surface area contributed by atoms with Gasteiger partial charge in [-0.3, -0.25) is 0 Å². The summed E-state index contributed by atoms with van der Waals surface area (Å²) in [5.74, 6) is 0.683. The minimum atomic E-state index is -0.862. The van der Waals surface area contributed by atoms with Crippen molar-refractivity contribution in [3.63, 3.8) is 0 Å². The lowest BCUT2D eigenvalue weighted by molar-refractivity contribution is 0.577. The maximum absolute atomic E-state index is 11.7. The first-order valence-corrected chi connectivity index (χ1v) is 6.19. The molecule has 78 valence electrons. The van der Waals surface area contributed by atoms with E-state index in [9.17, 15) is 4.55 Å². The van der Waals surface area contributed by atoms with Crippen LogP contribution in [0.2, 0.25) is 0 Å². The molecule has 1 N–H and O–H groups in total. The summed E-state index contributed by atoms with van der Waals surface area (Å²) in [6, 6.07) is 10.1. The Balaban J connectivity index is 2.32. The first-order valence-electron chi connectivity index (χ1n) is 4.87. The maximum Gasteiger partial charge on any atom is 0.152 e. The molecule has 0 spiro atoms. The lowest BCUT2D eigenvalue weighted by Crippen LogP contribution is -2.28. The van der Waals surface area contributed by atoms with E-state index in [4.69, 9.17) is 0 Å². The SMILES string of the molecule is CC(C)NCC[S+]([O-])c1ccccc1. The van der Waals surface area contributed by atoms with Gasteiger partial charge in [-0.25, -0.2) is 0 Å². The van der Waals surface area contributed by atoms with Crippen molar-refractivity contribution in [3.8, 4) is 0 Å². The summed E-state index contributed by atoms with van der Waals surface area (Å²) in [4.78, 5) is 0.915. The van der Waals surface area contributed by atoms with Crippen molar-refractivity contribution in [2.45, 2.75) is 24.8 Å². The van der Waals surface area contributed by atoms with Crippen LogP contribution in [0, 0.1) is 0 Å². The molecule has 0 aliphatic heterocycles. The molecule has 0 saturated carbocycles. The van der Waals surface area contributed by atoms with E-state index in [0.29, 0.717) is 11.8 Å². The zero-order valence-corrected chi connectivity index (χ0v) is 9.51. The van der Waals surface area contributed by atoms with Crippen LogP contribution in [0.5, 0.6) is 0 Å². The van der Waals surface area contributed by atoms with Crippen molar-refractivity contribution in [2.75, 3.05) is 12.3 Å². The second-order valence-corrected chi connectivity index (χ2v) is 5.04. The van der Waals surface area contributed by atoms with Gasteiger partial charge < -0.3 is 9.87 Å². The summed E-state index contributed by atoms with van der Waals surface area (Å²) in [7, 11) is 0. The molecule has 0 fully saturated rings. The Morgan fingerprint density at radius 2 is 1.93 bits per heavy atom. The van der Waals surface area contributed by atoms with E-state index in [0.717, 1.165) is 11.4 Å². The summed E-state index contributed by atoms with van der Waals surface area (Å²) in [5.41, 5.74) is 0. The minimum Gasteiger partial charge on any atom is -0.611 e. The van der Waals surface area contributed by atoms with E-state index >= 15 is 0 Å². The number of nitrogens with one attached hydrogen (secondary N) is 1. The van der Waals surface area contributed by atoms with Crippen molar-refractivity contribution in [1.82, 2.24) is 5.32 Å². The molecule has 1 aromatic rings. The molecular formula is C11H17NOS. The van der Waals surface area contributed by atoms with Crippen molar-refractivity contribution in [1.29, 1.82) is 0 Å². The van der Waals surface area contributed by atoms with Crippen LogP contribution in [0.3, 0.4) is 0 Å². The molecule has 0 radical (unpaired) electrons. The number of hydrogen-bond donors (Lipinski definition) is 1. The molecule has 14 heavy (non-hydrogen) atoms. The topological polar surface area (TPSA) is 35.1 Å². The number of benzene rings is 1. The fraction of sp³-hybridized carbons (Fsp3) is 0.455. The lowest BCUT2D eigenvalue weighted by atomic mass is 10.4. The van der Waals surface area contributed by atoms with Crippen LogP contribution in [0.4, 0.5) is 0 Å². The van der Waals surface area contributed by atoms with Gasteiger partial charge in [0.05, 0.1) is 0 Å². The third kappa shape index (κ3) is 4.13. The summed E-state index contributed by atoms with van der Waals surface area (Å²) in [5, 5.41) is 3.25. The monoisotopic (exact) mass is 211 g/mol. The van der Waals surface area contributed by atoms with E-state index in [1.807, 2.05) is 30.3 Å². The van der Waals surface area contributed by atoms with Crippen molar-refractivity contribution in [2.24, 2.45) is 0 Å². The molecule has 0 aliphatic carbocycles. The van der Waals surface area contributed by atoms with Gasteiger partial charge in [-0.05, 0) is 23.3 Å². The molecule has 1 unspecified atom stereocenters. The van der Waals surface area contributed by atoms with Gasteiger partial charge in [0, 0.05) is 12.6 Å². The fourth-order valence-corrected chi connectivity index (χ4v) is 2.13. The molecule has 3 heteroatoms. The first-order chi connectivity index (χ1) is 6.70. The molecule has 0 bridgehead atoms. The lowest BCUT2D eigenvalue weighted by Gasteiger charge is -2.12. The Morgan fingerprint density at radius 1 is 1.29 bits per heavy atom. The zero-order chi connectivity index (χ0) is 10.4. The van der Waals surface area contributed by atoms with Crippen LogP contribution in [0.1, 0.15) is 13.8 Å². The quantitative estimate of drug-likeness (QED) is 0.754. The van der Waals surface area contributed by atoms with E-state index < -0.39 is 11.2 Å². The van der Waals surface area contributed by atoms with Gasteiger partial charge in [0.1, 0.15) is 5.75 Å². The average Bonchev–Trinajstić information content (AvgIpc) is 2.18. The number of rotatable bonds is 5. The van der Waals surface area contributed by atoms with E-state index in [1.165, 1.54) is 0 Å². The second kappa shape index (κ2) is 6.06. The predicted octanol–water partition coefficient (Wildman–Crippen LogP) is 1.79. The highest BCUT2D eigenvalue weighted by Gasteiger charge is 2.08. The Morgan fingerprint density at radius 3 is 2.50 bits per heavy atom. The van der Waals surface area contributed by atoms with Gasteiger partial charge in [0.25, 0.3) is 0 Å². The molecule has 2 nitrogen and oxygen atoms in total. The first kappa shape index (κ1) is 11.6. The molecule has 1 aromatic carbocycles. The fourth-order valence-electron chi connectivity index (χ4n) is 1.13. The van der Waals surface area contributed by atoms with E-state index in [2.05, 4.69) is 19.2 Å². The highest BCUT2D eigenvalue weighted by Crippen LogP contribution is 2.09. The standard InChI is InChI=1S/C11H17NOS/c1-10(2)12-8-9-14(13)11-6-4-3-5-7-11/h3-7,10,12H,8-9H2,1-2H3. The third-order valence-corrected chi connectivity index (χ3v) is 3.22. The third-order valence-electron chi connectivity index (χ3n) is 1.85. The smallest absolute Gasteiger partial charge is 0.152 e. The van der Waals surface area contributed by atoms with E-state index in [1.54, 1.807) is 0 Å². The van der Waals surface area contributed by atoms with Crippen molar-refractivity contribution < 1.29 is 4.55 Å². The molecule has 0 aliphatic rings. The Kier molecular flexibility index (Phi) is 5.01. The van der Waals surface area contributed by atoms with Crippen molar-refractivity contribution >= 4 is 11.2 Å². The summed E-state index contributed by atoms with van der Waals surface area (Å²) in [6.07, 6.45) is 0. The van der Waals surface area contributed by atoms with Crippen molar-refractivity contribution in [3.05, 3.63) is 30.3 Å². The molecule has 1 atom stereocenters. The average molecular weight is 211 g/mol. The highest BCUT2D eigenvalue weighted by atomic mass is 32.2. The second-order valence-electron chi connectivity index (χ2n) is 3.47. The summed E-state index contributed by atoms with van der Waals surface area (Å²) in [6.45, 7) is 4.98. The molecule has 1 rings (SSSR count). The summed E-state index contributed by atoms with van der Waals surface area (Å²) >= 11 is -0.862. The molecular weight excluding hydrogens is 194 g/mol. The molecule has 0 heterocycles.